The maximum Gasteiger partial charge on any atom is 0.472 e. The standard InChI is InChI=1S/C43H82NO8P/c1-6-8-10-12-14-16-18-19-20-21-22-23-24-25-26-28-29-31-33-35-42(45)49-39-41(40-51-53(47,48)50-38-37-44(3,4)5)52-43(46)36-34-32-30-27-17-15-13-11-9-7-2/h14,16,19-20,41H,6-13,15,17-18,21-40H2,1-5H3/p+1/b16-14-,20-19-/t41-/m1/s1. The second-order valence-electron chi connectivity index (χ2n) is 15.7. The third-order valence-corrected chi connectivity index (χ3v) is 10.2. The molecule has 0 amide bonds. The zero-order chi connectivity index (χ0) is 39.3. The number of rotatable bonds is 39. The van der Waals surface area contributed by atoms with Crippen molar-refractivity contribution in [2.75, 3.05) is 47.5 Å². The first-order valence-electron chi connectivity index (χ1n) is 21.6. The molecule has 0 aliphatic carbocycles. The van der Waals surface area contributed by atoms with Gasteiger partial charge in [-0.05, 0) is 44.9 Å². The largest absolute Gasteiger partial charge is 0.472 e. The van der Waals surface area contributed by atoms with Crippen molar-refractivity contribution >= 4 is 19.8 Å². The van der Waals surface area contributed by atoms with Crippen LogP contribution in [-0.2, 0) is 32.7 Å². The fourth-order valence-electron chi connectivity index (χ4n) is 5.81. The van der Waals surface area contributed by atoms with Gasteiger partial charge in [0.25, 0.3) is 0 Å². The normalized spacial score (nSPS) is 13.8. The average Bonchev–Trinajstić information content (AvgIpc) is 3.10. The third-order valence-electron chi connectivity index (χ3n) is 9.23. The van der Waals surface area contributed by atoms with E-state index in [1.165, 1.54) is 116 Å². The van der Waals surface area contributed by atoms with Gasteiger partial charge in [-0.15, -0.1) is 0 Å². The van der Waals surface area contributed by atoms with Crippen LogP contribution in [0.25, 0.3) is 0 Å². The Hall–Kier alpha value is -1.51. The zero-order valence-electron chi connectivity index (χ0n) is 35.0. The molecule has 0 saturated heterocycles. The Morgan fingerprint density at radius 2 is 1.02 bits per heavy atom. The fourth-order valence-corrected chi connectivity index (χ4v) is 6.55. The van der Waals surface area contributed by atoms with E-state index in [-0.39, 0.29) is 32.0 Å². The van der Waals surface area contributed by atoms with Crippen LogP contribution in [0.5, 0.6) is 0 Å². The van der Waals surface area contributed by atoms with Gasteiger partial charge in [0.05, 0.1) is 27.7 Å². The number of hydrogen-bond acceptors (Lipinski definition) is 7. The van der Waals surface area contributed by atoms with Gasteiger partial charge in [-0.2, -0.15) is 0 Å². The molecule has 0 rings (SSSR count). The van der Waals surface area contributed by atoms with Gasteiger partial charge in [0, 0.05) is 12.8 Å². The highest BCUT2D eigenvalue weighted by atomic mass is 31.2. The van der Waals surface area contributed by atoms with Gasteiger partial charge in [-0.3, -0.25) is 18.6 Å². The summed E-state index contributed by atoms with van der Waals surface area (Å²) in [7, 11) is 1.48. The van der Waals surface area contributed by atoms with Gasteiger partial charge in [0.15, 0.2) is 6.10 Å². The molecule has 0 aliphatic rings. The number of phosphoric acid groups is 1. The number of allylic oxidation sites excluding steroid dienone is 4. The van der Waals surface area contributed by atoms with Crippen LogP contribution in [0.3, 0.4) is 0 Å². The Morgan fingerprint density at radius 1 is 0.585 bits per heavy atom. The summed E-state index contributed by atoms with van der Waals surface area (Å²) < 4.78 is 34.2. The van der Waals surface area contributed by atoms with Crippen LogP contribution in [-0.4, -0.2) is 74.9 Å². The molecule has 9 nitrogen and oxygen atoms in total. The monoisotopic (exact) mass is 773 g/mol. The van der Waals surface area contributed by atoms with Crippen LogP contribution < -0.4 is 0 Å². The maximum atomic E-state index is 12.6. The molecule has 0 aromatic rings. The van der Waals surface area contributed by atoms with E-state index in [2.05, 4.69) is 38.2 Å². The van der Waals surface area contributed by atoms with Gasteiger partial charge >= 0.3 is 19.8 Å². The summed E-state index contributed by atoms with van der Waals surface area (Å²) in [6.07, 6.45) is 37.9. The van der Waals surface area contributed by atoms with E-state index in [1.54, 1.807) is 0 Å². The first-order chi connectivity index (χ1) is 25.5. The van der Waals surface area contributed by atoms with Gasteiger partial charge in [0.2, 0.25) is 0 Å². The Kier molecular flexibility index (Phi) is 35.1. The molecule has 1 N–H and O–H groups in total. The van der Waals surface area contributed by atoms with Crippen molar-refractivity contribution in [3.05, 3.63) is 24.3 Å². The molecule has 0 spiro atoms. The van der Waals surface area contributed by atoms with E-state index >= 15 is 0 Å². The average molecular weight is 773 g/mol. The summed E-state index contributed by atoms with van der Waals surface area (Å²) in [5, 5.41) is 0. The van der Waals surface area contributed by atoms with E-state index in [0.717, 1.165) is 38.5 Å². The summed E-state index contributed by atoms with van der Waals surface area (Å²) in [6, 6.07) is 0. The molecular formula is C43H83NO8P+. The number of unbranched alkanes of at least 4 members (excludes halogenated alkanes) is 21. The molecule has 2 atom stereocenters. The lowest BCUT2D eigenvalue weighted by atomic mass is 10.1. The SMILES string of the molecule is CCCCC/C=C\C/C=C\CCCCCCCCCCCC(=O)OC[C@H](COP(=O)(O)OCC[N+](C)(C)C)OC(=O)CCCCCCCCCCCC. The van der Waals surface area contributed by atoms with Crippen molar-refractivity contribution in [3.8, 4) is 0 Å². The lowest BCUT2D eigenvalue weighted by Gasteiger charge is -2.24. The van der Waals surface area contributed by atoms with E-state index in [1.807, 2.05) is 21.1 Å². The van der Waals surface area contributed by atoms with Crippen molar-refractivity contribution in [2.24, 2.45) is 0 Å². The first kappa shape index (κ1) is 51.5. The molecule has 0 aliphatic heterocycles. The van der Waals surface area contributed by atoms with Gasteiger partial charge in [-0.1, -0.05) is 154 Å². The number of likely N-dealkylation sites (N-methyl/N-ethyl adjacent to an activating group) is 1. The lowest BCUT2D eigenvalue weighted by molar-refractivity contribution is -0.870. The second kappa shape index (κ2) is 36.1. The second-order valence-corrected chi connectivity index (χ2v) is 17.2. The number of hydrogen-bond donors (Lipinski definition) is 1. The molecule has 0 aromatic carbocycles. The van der Waals surface area contributed by atoms with Crippen LogP contribution in [0.15, 0.2) is 24.3 Å². The van der Waals surface area contributed by atoms with Crippen LogP contribution in [0, 0.1) is 0 Å². The number of nitrogens with zero attached hydrogens (tertiary/aromatic N) is 1. The lowest BCUT2D eigenvalue weighted by Crippen LogP contribution is -2.37. The number of carbonyl (C=O) groups excluding carboxylic acids is 2. The molecule has 312 valence electrons. The molecule has 10 heteroatoms. The summed E-state index contributed by atoms with van der Waals surface area (Å²) >= 11 is 0. The number of carbonyl (C=O) groups is 2. The Bertz CT molecular complexity index is 964. The number of phosphoric ester groups is 1. The Balaban J connectivity index is 4.28. The van der Waals surface area contributed by atoms with Crippen LogP contribution >= 0.6 is 7.82 Å². The summed E-state index contributed by atoms with van der Waals surface area (Å²) in [4.78, 5) is 35.2. The molecule has 0 heterocycles. The van der Waals surface area contributed by atoms with Crippen LogP contribution in [0.4, 0.5) is 0 Å². The smallest absolute Gasteiger partial charge is 0.462 e. The van der Waals surface area contributed by atoms with Crippen molar-refractivity contribution in [1.29, 1.82) is 0 Å². The minimum absolute atomic E-state index is 0.0328. The Labute approximate surface area is 326 Å². The number of esters is 2. The first-order valence-corrected chi connectivity index (χ1v) is 23.1. The highest BCUT2D eigenvalue weighted by molar-refractivity contribution is 7.47. The quantitative estimate of drug-likeness (QED) is 0.0216. The predicted molar refractivity (Wildman–Crippen MR) is 220 cm³/mol. The molecule has 53 heavy (non-hydrogen) atoms. The maximum absolute atomic E-state index is 12.6. The molecular weight excluding hydrogens is 689 g/mol. The minimum atomic E-state index is -4.37. The van der Waals surface area contributed by atoms with E-state index in [9.17, 15) is 19.0 Å². The minimum Gasteiger partial charge on any atom is -0.462 e. The zero-order valence-corrected chi connectivity index (χ0v) is 35.9. The Morgan fingerprint density at radius 3 is 1.53 bits per heavy atom. The molecule has 0 fully saturated rings. The van der Waals surface area contributed by atoms with Crippen molar-refractivity contribution in [3.63, 3.8) is 0 Å². The highest BCUT2D eigenvalue weighted by Crippen LogP contribution is 2.43. The van der Waals surface area contributed by atoms with Crippen molar-refractivity contribution in [2.45, 2.75) is 193 Å². The van der Waals surface area contributed by atoms with Crippen molar-refractivity contribution in [1.82, 2.24) is 0 Å². The van der Waals surface area contributed by atoms with E-state index in [4.69, 9.17) is 18.5 Å². The van der Waals surface area contributed by atoms with Crippen LogP contribution in [0.2, 0.25) is 0 Å². The van der Waals surface area contributed by atoms with Gasteiger partial charge in [0.1, 0.15) is 19.8 Å². The van der Waals surface area contributed by atoms with E-state index in [0.29, 0.717) is 17.4 Å². The predicted octanol–water partition coefficient (Wildman–Crippen LogP) is 12.0. The molecule has 0 saturated carbocycles. The summed E-state index contributed by atoms with van der Waals surface area (Å²) in [5.41, 5.74) is 0. The molecule has 1 unspecified atom stereocenters. The fraction of sp³-hybridized carbons (Fsp3) is 0.860. The van der Waals surface area contributed by atoms with Crippen LogP contribution in [0.1, 0.15) is 187 Å². The third kappa shape index (κ3) is 40.0. The summed E-state index contributed by atoms with van der Waals surface area (Å²) in [5.74, 6) is -0.801. The van der Waals surface area contributed by atoms with Gasteiger partial charge < -0.3 is 18.9 Å². The number of quaternary nitrogens is 1. The molecule has 0 radical (unpaired) electrons. The highest BCUT2D eigenvalue weighted by Gasteiger charge is 2.27. The number of ether oxygens (including phenoxy) is 2. The summed E-state index contributed by atoms with van der Waals surface area (Å²) in [6.45, 7) is 4.38. The van der Waals surface area contributed by atoms with Gasteiger partial charge in [-0.25, -0.2) is 4.57 Å². The molecule has 0 aromatic heterocycles. The topological polar surface area (TPSA) is 108 Å². The van der Waals surface area contributed by atoms with Crippen molar-refractivity contribution < 1.29 is 42.1 Å². The molecule has 0 bridgehead atoms. The van der Waals surface area contributed by atoms with E-state index < -0.39 is 26.5 Å².